The Bertz CT molecular complexity index is 438. The van der Waals surface area contributed by atoms with Crippen LogP contribution in [0.25, 0.3) is 0 Å². The van der Waals surface area contributed by atoms with Crippen molar-refractivity contribution in [2.75, 3.05) is 11.9 Å². The van der Waals surface area contributed by atoms with Gasteiger partial charge in [-0.2, -0.15) is 0 Å². The molecule has 20 heavy (non-hydrogen) atoms. The summed E-state index contributed by atoms with van der Waals surface area (Å²) in [5.41, 5.74) is 7.84. The van der Waals surface area contributed by atoms with Crippen LogP contribution in [0.5, 0.6) is 0 Å². The quantitative estimate of drug-likeness (QED) is 0.793. The number of hydrogen-bond donors (Lipinski definition) is 2. The molecule has 3 N–H and O–H groups in total. The van der Waals surface area contributed by atoms with Gasteiger partial charge in [0.2, 0.25) is 5.91 Å². The Kier molecular flexibility index (Phi) is 6.21. The number of rotatable bonds is 7. The number of carbonyl (C=O) groups is 1. The molecule has 0 atom stereocenters. The molecular formula is C17H28N2O. The van der Waals surface area contributed by atoms with Gasteiger partial charge in [-0.3, -0.25) is 4.79 Å². The first-order valence-corrected chi connectivity index (χ1v) is 7.44. The minimum atomic E-state index is 0.0863. The fourth-order valence-electron chi connectivity index (χ4n) is 2.29. The van der Waals surface area contributed by atoms with Gasteiger partial charge in [0.25, 0.3) is 0 Å². The molecule has 1 rings (SSSR count). The van der Waals surface area contributed by atoms with Gasteiger partial charge in [0, 0.05) is 12.1 Å². The van der Waals surface area contributed by atoms with E-state index < -0.39 is 0 Å². The molecular weight excluding hydrogens is 248 g/mol. The van der Waals surface area contributed by atoms with Gasteiger partial charge < -0.3 is 11.1 Å². The van der Waals surface area contributed by atoms with Crippen LogP contribution < -0.4 is 11.1 Å². The highest BCUT2D eigenvalue weighted by Gasteiger charge is 2.18. The van der Waals surface area contributed by atoms with Crippen molar-refractivity contribution in [3.8, 4) is 0 Å². The molecule has 0 aliphatic carbocycles. The third-order valence-electron chi connectivity index (χ3n) is 3.71. The summed E-state index contributed by atoms with van der Waals surface area (Å²) < 4.78 is 0. The number of nitrogens with one attached hydrogen (secondary N) is 1. The second-order valence-corrected chi connectivity index (χ2v) is 6.49. The van der Waals surface area contributed by atoms with Crippen LogP contribution >= 0.6 is 0 Å². The molecule has 1 aromatic rings. The molecule has 0 aliphatic rings. The van der Waals surface area contributed by atoms with E-state index in [4.69, 9.17) is 5.73 Å². The molecule has 0 saturated carbocycles. The summed E-state index contributed by atoms with van der Waals surface area (Å²) in [5, 5.41) is 3.04. The zero-order valence-corrected chi connectivity index (χ0v) is 13.2. The van der Waals surface area contributed by atoms with Gasteiger partial charge in [-0.1, -0.05) is 45.9 Å². The third kappa shape index (κ3) is 5.33. The molecule has 1 amide bonds. The second-order valence-electron chi connectivity index (χ2n) is 6.49. The first-order chi connectivity index (χ1) is 9.35. The average molecular weight is 276 g/mol. The summed E-state index contributed by atoms with van der Waals surface area (Å²) >= 11 is 0. The number of nitrogens with two attached hydrogens (primary N) is 1. The lowest BCUT2D eigenvalue weighted by Gasteiger charge is -2.23. The Morgan fingerprint density at radius 2 is 1.90 bits per heavy atom. The van der Waals surface area contributed by atoms with Gasteiger partial charge in [0.15, 0.2) is 0 Å². The fourth-order valence-corrected chi connectivity index (χ4v) is 2.29. The number of amides is 1. The standard InChI is InChI=1S/C17H28N2O/c1-13(2)14-7-5-6-8-15(14)19-16(20)9-10-17(3,4)11-12-18/h5-8,13H,9-12,18H2,1-4H3,(H,19,20). The van der Waals surface area contributed by atoms with E-state index in [2.05, 4.69) is 39.1 Å². The van der Waals surface area contributed by atoms with E-state index in [1.165, 1.54) is 5.56 Å². The van der Waals surface area contributed by atoms with Crippen molar-refractivity contribution in [2.24, 2.45) is 11.1 Å². The minimum Gasteiger partial charge on any atom is -0.330 e. The molecule has 112 valence electrons. The van der Waals surface area contributed by atoms with Crippen molar-refractivity contribution in [1.29, 1.82) is 0 Å². The molecule has 0 fully saturated rings. The van der Waals surface area contributed by atoms with Crippen molar-refractivity contribution in [3.05, 3.63) is 29.8 Å². The predicted octanol–water partition coefficient (Wildman–Crippen LogP) is 3.90. The summed E-state index contributed by atoms with van der Waals surface area (Å²) in [5.74, 6) is 0.489. The monoisotopic (exact) mass is 276 g/mol. The van der Waals surface area contributed by atoms with E-state index >= 15 is 0 Å². The molecule has 0 radical (unpaired) electrons. The summed E-state index contributed by atoms with van der Waals surface area (Å²) in [6.07, 6.45) is 2.35. The van der Waals surface area contributed by atoms with Crippen molar-refractivity contribution < 1.29 is 4.79 Å². The molecule has 1 aromatic carbocycles. The highest BCUT2D eigenvalue weighted by molar-refractivity contribution is 5.91. The fraction of sp³-hybridized carbons (Fsp3) is 0.588. The van der Waals surface area contributed by atoms with Crippen LogP contribution in [0.15, 0.2) is 24.3 Å². The number of carbonyl (C=O) groups excluding carboxylic acids is 1. The van der Waals surface area contributed by atoms with Gasteiger partial charge in [-0.25, -0.2) is 0 Å². The predicted molar refractivity (Wildman–Crippen MR) is 85.8 cm³/mol. The van der Waals surface area contributed by atoms with Gasteiger partial charge in [0.05, 0.1) is 0 Å². The summed E-state index contributed by atoms with van der Waals surface area (Å²) in [6.45, 7) is 9.26. The normalized spacial score (nSPS) is 11.7. The summed E-state index contributed by atoms with van der Waals surface area (Å²) in [4.78, 5) is 12.1. The molecule has 3 heteroatoms. The summed E-state index contributed by atoms with van der Waals surface area (Å²) in [7, 11) is 0. The van der Waals surface area contributed by atoms with Gasteiger partial charge >= 0.3 is 0 Å². The maximum Gasteiger partial charge on any atom is 0.224 e. The van der Waals surface area contributed by atoms with Gasteiger partial charge in [-0.05, 0) is 42.3 Å². The number of hydrogen-bond acceptors (Lipinski definition) is 2. The molecule has 0 saturated heterocycles. The smallest absolute Gasteiger partial charge is 0.224 e. The Hall–Kier alpha value is -1.35. The molecule has 0 unspecified atom stereocenters. The second kappa shape index (κ2) is 7.44. The average Bonchev–Trinajstić information content (AvgIpc) is 2.37. The van der Waals surface area contributed by atoms with Crippen LogP contribution in [-0.2, 0) is 4.79 Å². The largest absolute Gasteiger partial charge is 0.330 e. The van der Waals surface area contributed by atoms with E-state index in [1.807, 2.05) is 18.2 Å². The number of anilines is 1. The van der Waals surface area contributed by atoms with Crippen LogP contribution in [0, 0.1) is 5.41 Å². The molecule has 3 nitrogen and oxygen atoms in total. The van der Waals surface area contributed by atoms with E-state index in [0.717, 1.165) is 18.5 Å². The zero-order chi connectivity index (χ0) is 15.2. The topological polar surface area (TPSA) is 55.1 Å². The first kappa shape index (κ1) is 16.7. The zero-order valence-electron chi connectivity index (χ0n) is 13.2. The minimum absolute atomic E-state index is 0.0863. The van der Waals surface area contributed by atoms with E-state index in [0.29, 0.717) is 18.9 Å². The van der Waals surface area contributed by atoms with Crippen molar-refractivity contribution in [1.82, 2.24) is 0 Å². The van der Waals surface area contributed by atoms with Crippen LogP contribution in [0.1, 0.15) is 58.4 Å². The first-order valence-electron chi connectivity index (χ1n) is 7.44. The van der Waals surface area contributed by atoms with Gasteiger partial charge in [0.1, 0.15) is 0 Å². The van der Waals surface area contributed by atoms with Crippen molar-refractivity contribution >= 4 is 11.6 Å². The molecule has 0 heterocycles. The Morgan fingerprint density at radius 1 is 1.25 bits per heavy atom. The van der Waals surface area contributed by atoms with E-state index in [9.17, 15) is 4.79 Å². The Morgan fingerprint density at radius 3 is 2.50 bits per heavy atom. The van der Waals surface area contributed by atoms with Crippen molar-refractivity contribution in [2.45, 2.75) is 52.9 Å². The summed E-state index contributed by atoms with van der Waals surface area (Å²) in [6, 6.07) is 8.01. The van der Waals surface area contributed by atoms with Crippen LogP contribution in [-0.4, -0.2) is 12.5 Å². The molecule has 0 spiro atoms. The van der Waals surface area contributed by atoms with Crippen molar-refractivity contribution in [3.63, 3.8) is 0 Å². The third-order valence-corrected chi connectivity index (χ3v) is 3.71. The Labute approximate surface area is 122 Å². The molecule has 0 bridgehead atoms. The van der Waals surface area contributed by atoms with Gasteiger partial charge in [-0.15, -0.1) is 0 Å². The lowest BCUT2D eigenvalue weighted by atomic mass is 9.84. The molecule has 0 aliphatic heterocycles. The van der Waals surface area contributed by atoms with E-state index in [1.54, 1.807) is 0 Å². The maximum absolute atomic E-state index is 12.1. The number of para-hydroxylation sites is 1. The van der Waals surface area contributed by atoms with Crippen LogP contribution in [0.2, 0.25) is 0 Å². The Balaban J connectivity index is 2.59. The lowest BCUT2D eigenvalue weighted by Crippen LogP contribution is -2.21. The lowest BCUT2D eigenvalue weighted by molar-refractivity contribution is -0.116. The highest BCUT2D eigenvalue weighted by Crippen LogP contribution is 2.27. The van der Waals surface area contributed by atoms with Crippen LogP contribution in [0.4, 0.5) is 5.69 Å². The number of benzene rings is 1. The SMILES string of the molecule is CC(C)c1ccccc1NC(=O)CCC(C)(C)CCN. The maximum atomic E-state index is 12.1. The molecule has 0 aromatic heterocycles. The van der Waals surface area contributed by atoms with E-state index in [-0.39, 0.29) is 11.3 Å². The van der Waals surface area contributed by atoms with Crippen LogP contribution in [0.3, 0.4) is 0 Å². The highest BCUT2D eigenvalue weighted by atomic mass is 16.1.